The summed E-state index contributed by atoms with van der Waals surface area (Å²) in [5.74, 6) is 0. The van der Waals surface area contributed by atoms with Gasteiger partial charge in [0.1, 0.15) is 0 Å². The van der Waals surface area contributed by atoms with Crippen LogP contribution >= 0.6 is 11.3 Å². The van der Waals surface area contributed by atoms with Crippen molar-refractivity contribution in [1.29, 1.82) is 0 Å². The third kappa shape index (κ3) is 6.47. The summed E-state index contributed by atoms with van der Waals surface area (Å²) in [6.45, 7) is 11.1. The Hall–Kier alpha value is -0.490. The highest BCUT2D eigenvalue weighted by atomic mass is 32.1. The van der Waals surface area contributed by atoms with Crippen LogP contribution < -0.4 is 5.32 Å². The molecule has 0 aliphatic rings. The molecule has 0 fully saturated rings. The van der Waals surface area contributed by atoms with Crippen LogP contribution in [0.1, 0.15) is 30.8 Å². The molecule has 5 heteroatoms. The van der Waals surface area contributed by atoms with Gasteiger partial charge in [-0.25, -0.2) is 4.98 Å². The minimum absolute atomic E-state index is 0.522. The van der Waals surface area contributed by atoms with Crippen LogP contribution in [0.4, 0.5) is 0 Å². The van der Waals surface area contributed by atoms with Crippen molar-refractivity contribution in [3.8, 4) is 0 Å². The molecule has 0 bridgehead atoms. The van der Waals surface area contributed by atoms with Crippen LogP contribution in [-0.2, 0) is 11.3 Å². The van der Waals surface area contributed by atoms with Crippen molar-refractivity contribution < 1.29 is 4.74 Å². The van der Waals surface area contributed by atoms with Crippen molar-refractivity contribution in [2.45, 2.75) is 39.8 Å². The Balaban J connectivity index is 2.15. The van der Waals surface area contributed by atoms with Crippen LogP contribution in [0.2, 0.25) is 0 Å². The average molecular weight is 285 g/mol. The standard InChI is InChI=1S/C14H27N3OS/c1-5-18-8-6-7-15-9-12(2)17(4)10-14-13(3)16-11-19-14/h11-12,15H,5-10H2,1-4H3. The van der Waals surface area contributed by atoms with E-state index in [-0.39, 0.29) is 0 Å². The molecule has 110 valence electrons. The molecule has 0 aromatic carbocycles. The number of thiazole rings is 1. The van der Waals surface area contributed by atoms with Crippen molar-refractivity contribution >= 4 is 11.3 Å². The summed E-state index contributed by atoms with van der Waals surface area (Å²) < 4.78 is 5.32. The van der Waals surface area contributed by atoms with Crippen LogP contribution in [0.15, 0.2) is 5.51 Å². The molecule has 0 aliphatic heterocycles. The Labute approximate surface area is 121 Å². The lowest BCUT2D eigenvalue weighted by Crippen LogP contribution is -2.37. The van der Waals surface area contributed by atoms with E-state index in [4.69, 9.17) is 4.74 Å². The highest BCUT2D eigenvalue weighted by molar-refractivity contribution is 7.09. The number of aromatic nitrogens is 1. The first kappa shape index (κ1) is 16.6. The molecule has 1 rings (SSSR count). The average Bonchev–Trinajstić information content (AvgIpc) is 2.79. The quantitative estimate of drug-likeness (QED) is 0.669. The van der Waals surface area contributed by atoms with Gasteiger partial charge >= 0.3 is 0 Å². The van der Waals surface area contributed by atoms with Crippen LogP contribution in [0.25, 0.3) is 0 Å². The molecule has 0 saturated carbocycles. The van der Waals surface area contributed by atoms with E-state index in [1.54, 1.807) is 11.3 Å². The zero-order valence-electron chi connectivity index (χ0n) is 12.6. The molecule has 0 spiro atoms. The summed E-state index contributed by atoms with van der Waals surface area (Å²) in [6.07, 6.45) is 1.08. The molecule has 1 unspecified atom stereocenters. The number of rotatable bonds is 10. The maximum atomic E-state index is 5.32. The molecule has 1 aromatic heterocycles. The first-order valence-electron chi connectivity index (χ1n) is 7.02. The Morgan fingerprint density at radius 3 is 2.95 bits per heavy atom. The maximum absolute atomic E-state index is 5.32. The number of nitrogens with zero attached hydrogens (tertiary/aromatic N) is 2. The monoisotopic (exact) mass is 285 g/mol. The SMILES string of the molecule is CCOCCCNCC(C)N(C)Cc1scnc1C. The summed E-state index contributed by atoms with van der Waals surface area (Å²) >= 11 is 1.74. The van der Waals surface area contributed by atoms with E-state index in [0.29, 0.717) is 6.04 Å². The summed E-state index contributed by atoms with van der Waals surface area (Å²) in [5.41, 5.74) is 3.09. The van der Waals surface area contributed by atoms with E-state index in [2.05, 4.69) is 36.1 Å². The van der Waals surface area contributed by atoms with E-state index in [0.717, 1.165) is 45.0 Å². The minimum Gasteiger partial charge on any atom is -0.382 e. The predicted molar refractivity (Wildman–Crippen MR) is 81.8 cm³/mol. The molecule has 19 heavy (non-hydrogen) atoms. The molecule has 1 N–H and O–H groups in total. The van der Waals surface area contributed by atoms with Gasteiger partial charge < -0.3 is 10.1 Å². The first-order chi connectivity index (χ1) is 9.15. The lowest BCUT2D eigenvalue weighted by atomic mass is 10.2. The van der Waals surface area contributed by atoms with Crippen LogP contribution in [-0.4, -0.2) is 49.3 Å². The topological polar surface area (TPSA) is 37.4 Å². The third-order valence-corrected chi connectivity index (χ3v) is 4.20. The van der Waals surface area contributed by atoms with Crippen molar-refractivity contribution in [3.05, 3.63) is 16.1 Å². The van der Waals surface area contributed by atoms with Gasteiger partial charge in [0.05, 0.1) is 11.2 Å². The molecular formula is C14H27N3OS. The molecule has 1 atom stereocenters. The summed E-state index contributed by atoms with van der Waals surface area (Å²) in [6, 6.07) is 0.522. The number of hydrogen-bond donors (Lipinski definition) is 1. The fourth-order valence-corrected chi connectivity index (χ4v) is 2.61. The highest BCUT2D eigenvalue weighted by Crippen LogP contribution is 2.15. The summed E-state index contributed by atoms with van der Waals surface area (Å²) in [5, 5.41) is 3.49. The Morgan fingerprint density at radius 2 is 2.32 bits per heavy atom. The van der Waals surface area contributed by atoms with Gasteiger partial charge in [0.25, 0.3) is 0 Å². The van der Waals surface area contributed by atoms with Crippen LogP contribution in [0.3, 0.4) is 0 Å². The second kappa shape index (κ2) is 9.42. The van der Waals surface area contributed by atoms with E-state index >= 15 is 0 Å². The fraction of sp³-hybridized carbons (Fsp3) is 0.786. The second-order valence-electron chi connectivity index (χ2n) is 4.88. The molecular weight excluding hydrogens is 258 g/mol. The maximum Gasteiger partial charge on any atom is 0.0798 e. The van der Waals surface area contributed by atoms with Gasteiger partial charge in [0.15, 0.2) is 0 Å². The van der Waals surface area contributed by atoms with Gasteiger partial charge in [0.2, 0.25) is 0 Å². The van der Waals surface area contributed by atoms with Crippen molar-refractivity contribution in [2.24, 2.45) is 0 Å². The zero-order valence-corrected chi connectivity index (χ0v) is 13.4. The molecule has 0 saturated heterocycles. The molecule has 1 aromatic rings. The summed E-state index contributed by atoms with van der Waals surface area (Å²) in [4.78, 5) is 8.03. The van der Waals surface area contributed by atoms with Gasteiger partial charge in [0, 0.05) is 37.2 Å². The Morgan fingerprint density at radius 1 is 1.53 bits per heavy atom. The first-order valence-corrected chi connectivity index (χ1v) is 7.90. The van der Waals surface area contributed by atoms with Crippen molar-refractivity contribution in [3.63, 3.8) is 0 Å². The number of likely N-dealkylation sites (N-methyl/N-ethyl adjacent to an activating group) is 1. The van der Waals surface area contributed by atoms with Gasteiger partial charge in [-0.2, -0.15) is 0 Å². The van der Waals surface area contributed by atoms with Gasteiger partial charge in [-0.1, -0.05) is 0 Å². The molecule has 1 heterocycles. The van der Waals surface area contributed by atoms with Crippen LogP contribution in [0.5, 0.6) is 0 Å². The van der Waals surface area contributed by atoms with E-state index < -0.39 is 0 Å². The molecule has 0 aliphatic carbocycles. The fourth-order valence-electron chi connectivity index (χ4n) is 1.77. The Bertz CT molecular complexity index is 343. The molecule has 4 nitrogen and oxygen atoms in total. The Kier molecular flexibility index (Phi) is 8.21. The van der Waals surface area contributed by atoms with E-state index in [1.165, 1.54) is 4.88 Å². The van der Waals surface area contributed by atoms with E-state index in [9.17, 15) is 0 Å². The summed E-state index contributed by atoms with van der Waals surface area (Å²) in [7, 11) is 2.17. The van der Waals surface area contributed by atoms with Crippen LogP contribution in [0, 0.1) is 6.92 Å². The van der Waals surface area contributed by atoms with Gasteiger partial charge in [-0.3, -0.25) is 4.90 Å². The minimum atomic E-state index is 0.522. The largest absolute Gasteiger partial charge is 0.382 e. The normalized spacial score (nSPS) is 13.1. The number of nitrogens with one attached hydrogen (secondary N) is 1. The van der Waals surface area contributed by atoms with Crippen molar-refractivity contribution in [1.82, 2.24) is 15.2 Å². The number of ether oxygens (including phenoxy) is 1. The smallest absolute Gasteiger partial charge is 0.0798 e. The van der Waals surface area contributed by atoms with E-state index in [1.807, 2.05) is 12.4 Å². The highest BCUT2D eigenvalue weighted by Gasteiger charge is 2.11. The molecule has 0 radical (unpaired) electrons. The second-order valence-corrected chi connectivity index (χ2v) is 5.82. The van der Waals surface area contributed by atoms with Crippen molar-refractivity contribution in [2.75, 3.05) is 33.4 Å². The van der Waals surface area contributed by atoms with Gasteiger partial charge in [-0.05, 0) is 40.8 Å². The lowest BCUT2D eigenvalue weighted by molar-refractivity contribution is 0.144. The predicted octanol–water partition coefficient (Wildman–Crippen LogP) is 2.29. The third-order valence-electron chi connectivity index (χ3n) is 3.28. The van der Waals surface area contributed by atoms with Gasteiger partial charge in [-0.15, -0.1) is 11.3 Å². The lowest BCUT2D eigenvalue weighted by Gasteiger charge is -2.24. The molecule has 0 amide bonds. The number of hydrogen-bond acceptors (Lipinski definition) is 5. The zero-order chi connectivity index (χ0) is 14.1. The number of aryl methyl sites for hydroxylation is 1.